The van der Waals surface area contributed by atoms with E-state index in [1.807, 2.05) is 49.4 Å². The number of benzene rings is 2. The van der Waals surface area contributed by atoms with E-state index < -0.39 is 6.04 Å². The third kappa shape index (κ3) is 8.04. The summed E-state index contributed by atoms with van der Waals surface area (Å²) < 4.78 is 0. The Hall–Kier alpha value is -1.98. The number of carbonyl (C=O) groups is 2. The maximum atomic E-state index is 13.1. The summed E-state index contributed by atoms with van der Waals surface area (Å²) in [6, 6.07) is 15.2. The molecule has 2 aromatic rings. The van der Waals surface area contributed by atoms with Crippen molar-refractivity contribution in [1.82, 2.24) is 10.2 Å². The minimum atomic E-state index is -0.526. The molecule has 2 aromatic carbocycles. The van der Waals surface area contributed by atoms with Crippen molar-refractivity contribution < 1.29 is 9.59 Å². The number of aryl methyl sites for hydroxylation is 1. The van der Waals surface area contributed by atoms with Crippen molar-refractivity contribution >= 4 is 35.2 Å². The van der Waals surface area contributed by atoms with E-state index in [1.54, 1.807) is 11.8 Å². The Labute approximate surface area is 189 Å². The van der Waals surface area contributed by atoms with E-state index in [-0.39, 0.29) is 11.8 Å². The predicted molar refractivity (Wildman–Crippen MR) is 127 cm³/mol. The maximum absolute atomic E-state index is 13.1. The molecule has 0 fully saturated rings. The standard InChI is InChI=1S/C24H31ClN2O2S/c1-4-5-12-26-24(29)19(3)27(15-20-9-6-8-18(2)13-20)23(28)17-30-16-21-10-7-11-22(25)14-21/h6-11,13-14,19H,4-5,12,15-17H2,1-3H3,(H,26,29)/t19-/m1/s1. The Kier molecular flexibility index (Phi) is 10.2. The van der Waals surface area contributed by atoms with E-state index in [2.05, 4.69) is 18.3 Å². The van der Waals surface area contributed by atoms with Gasteiger partial charge in [-0.3, -0.25) is 9.59 Å². The van der Waals surface area contributed by atoms with E-state index in [1.165, 1.54) is 11.8 Å². The number of rotatable bonds is 11. The Bertz CT molecular complexity index is 843. The molecule has 2 rings (SSSR count). The molecule has 6 heteroatoms. The van der Waals surface area contributed by atoms with Crippen molar-refractivity contribution in [3.63, 3.8) is 0 Å². The Morgan fingerprint density at radius 1 is 1.13 bits per heavy atom. The van der Waals surface area contributed by atoms with Crippen LogP contribution in [-0.4, -0.2) is 35.1 Å². The van der Waals surface area contributed by atoms with Crippen LogP contribution in [0.15, 0.2) is 48.5 Å². The highest BCUT2D eigenvalue weighted by Crippen LogP contribution is 2.18. The zero-order valence-electron chi connectivity index (χ0n) is 18.0. The van der Waals surface area contributed by atoms with Gasteiger partial charge >= 0.3 is 0 Å². The molecule has 2 amide bonds. The first-order valence-electron chi connectivity index (χ1n) is 10.4. The molecule has 0 saturated carbocycles. The number of nitrogens with zero attached hydrogens (tertiary/aromatic N) is 1. The summed E-state index contributed by atoms with van der Waals surface area (Å²) in [4.78, 5) is 27.4. The predicted octanol–water partition coefficient (Wildman–Crippen LogP) is 5.22. The number of hydrogen-bond donors (Lipinski definition) is 1. The van der Waals surface area contributed by atoms with Gasteiger partial charge in [0.05, 0.1) is 5.75 Å². The van der Waals surface area contributed by atoms with Crippen molar-refractivity contribution in [2.45, 2.75) is 52.0 Å². The van der Waals surface area contributed by atoms with Gasteiger partial charge in [-0.15, -0.1) is 11.8 Å². The quantitative estimate of drug-likeness (QED) is 0.481. The fourth-order valence-electron chi connectivity index (χ4n) is 3.09. The lowest BCUT2D eigenvalue weighted by molar-refractivity contribution is -0.138. The van der Waals surface area contributed by atoms with Crippen LogP contribution in [0.4, 0.5) is 0 Å². The lowest BCUT2D eigenvalue weighted by Crippen LogP contribution is -2.48. The number of hydrogen-bond acceptors (Lipinski definition) is 3. The molecule has 0 aliphatic rings. The summed E-state index contributed by atoms with van der Waals surface area (Å²) in [6.45, 7) is 6.96. The summed E-state index contributed by atoms with van der Waals surface area (Å²) >= 11 is 7.57. The first-order chi connectivity index (χ1) is 14.4. The van der Waals surface area contributed by atoms with Gasteiger partial charge in [-0.1, -0.05) is 66.9 Å². The van der Waals surface area contributed by atoms with Gasteiger partial charge in [0.25, 0.3) is 0 Å². The second kappa shape index (κ2) is 12.7. The maximum Gasteiger partial charge on any atom is 0.242 e. The highest BCUT2D eigenvalue weighted by Gasteiger charge is 2.25. The molecule has 0 aromatic heterocycles. The Morgan fingerprint density at radius 2 is 1.87 bits per heavy atom. The number of thioether (sulfide) groups is 1. The van der Waals surface area contributed by atoms with Gasteiger partial charge in [-0.05, 0) is 43.5 Å². The smallest absolute Gasteiger partial charge is 0.242 e. The van der Waals surface area contributed by atoms with E-state index in [4.69, 9.17) is 11.6 Å². The minimum Gasteiger partial charge on any atom is -0.354 e. The molecular formula is C24H31ClN2O2S. The highest BCUT2D eigenvalue weighted by atomic mass is 35.5. The lowest BCUT2D eigenvalue weighted by Gasteiger charge is -2.29. The van der Waals surface area contributed by atoms with Crippen LogP contribution in [0.1, 0.15) is 43.4 Å². The van der Waals surface area contributed by atoms with Crippen LogP contribution in [0.25, 0.3) is 0 Å². The molecule has 0 unspecified atom stereocenters. The molecular weight excluding hydrogens is 416 g/mol. The second-order valence-corrected chi connectivity index (χ2v) is 8.88. The Morgan fingerprint density at radius 3 is 2.57 bits per heavy atom. The van der Waals surface area contributed by atoms with E-state index in [0.29, 0.717) is 29.6 Å². The van der Waals surface area contributed by atoms with Crippen molar-refractivity contribution in [3.05, 3.63) is 70.2 Å². The third-order valence-electron chi connectivity index (χ3n) is 4.82. The van der Waals surface area contributed by atoms with Crippen LogP contribution >= 0.6 is 23.4 Å². The molecule has 0 radical (unpaired) electrons. The number of halogens is 1. The third-order valence-corrected chi connectivity index (χ3v) is 6.04. The molecule has 0 bridgehead atoms. The molecule has 30 heavy (non-hydrogen) atoms. The van der Waals surface area contributed by atoms with E-state index >= 15 is 0 Å². The van der Waals surface area contributed by atoms with Crippen molar-refractivity contribution in [1.29, 1.82) is 0 Å². The number of nitrogens with one attached hydrogen (secondary N) is 1. The van der Waals surface area contributed by atoms with E-state index in [0.717, 1.165) is 29.5 Å². The molecule has 0 aliphatic heterocycles. The van der Waals surface area contributed by atoms with Crippen LogP contribution in [-0.2, 0) is 21.9 Å². The van der Waals surface area contributed by atoms with Gasteiger partial charge in [-0.2, -0.15) is 0 Å². The molecule has 1 N–H and O–H groups in total. The van der Waals surface area contributed by atoms with Gasteiger partial charge in [-0.25, -0.2) is 0 Å². The zero-order valence-corrected chi connectivity index (χ0v) is 19.6. The topological polar surface area (TPSA) is 49.4 Å². The van der Waals surface area contributed by atoms with Crippen molar-refractivity contribution in [3.8, 4) is 0 Å². The SMILES string of the molecule is CCCCNC(=O)[C@@H](C)N(Cc1cccc(C)c1)C(=O)CSCc1cccc(Cl)c1. The first kappa shape index (κ1) is 24.3. The zero-order chi connectivity index (χ0) is 21.9. The fraction of sp³-hybridized carbons (Fsp3) is 0.417. The van der Waals surface area contributed by atoms with Gasteiger partial charge in [0.2, 0.25) is 11.8 Å². The highest BCUT2D eigenvalue weighted by molar-refractivity contribution is 7.99. The molecule has 162 valence electrons. The number of carbonyl (C=O) groups excluding carboxylic acids is 2. The molecule has 1 atom stereocenters. The molecule has 4 nitrogen and oxygen atoms in total. The van der Waals surface area contributed by atoms with Crippen LogP contribution in [0.5, 0.6) is 0 Å². The summed E-state index contributed by atoms with van der Waals surface area (Å²) in [5.41, 5.74) is 3.24. The van der Waals surface area contributed by atoms with Crippen LogP contribution in [0.2, 0.25) is 5.02 Å². The monoisotopic (exact) mass is 446 g/mol. The normalized spacial score (nSPS) is 11.7. The fourth-order valence-corrected chi connectivity index (χ4v) is 4.16. The van der Waals surface area contributed by atoms with Crippen molar-refractivity contribution in [2.24, 2.45) is 0 Å². The second-order valence-electron chi connectivity index (χ2n) is 7.45. The van der Waals surface area contributed by atoms with Gasteiger partial charge in [0.15, 0.2) is 0 Å². The summed E-state index contributed by atoms with van der Waals surface area (Å²) in [5, 5.41) is 3.64. The summed E-state index contributed by atoms with van der Waals surface area (Å²) in [7, 11) is 0. The number of unbranched alkanes of at least 4 members (excludes halogenated alkanes) is 1. The lowest BCUT2D eigenvalue weighted by atomic mass is 10.1. The molecule has 0 aliphatic carbocycles. The van der Waals surface area contributed by atoms with Crippen LogP contribution in [0, 0.1) is 6.92 Å². The molecule has 0 heterocycles. The van der Waals surface area contributed by atoms with Crippen LogP contribution < -0.4 is 5.32 Å². The van der Waals surface area contributed by atoms with Gasteiger partial charge < -0.3 is 10.2 Å². The largest absolute Gasteiger partial charge is 0.354 e. The average Bonchev–Trinajstić information content (AvgIpc) is 2.71. The molecule has 0 saturated heterocycles. The van der Waals surface area contributed by atoms with Crippen LogP contribution in [0.3, 0.4) is 0 Å². The Balaban J connectivity index is 2.04. The van der Waals surface area contributed by atoms with Crippen molar-refractivity contribution in [2.75, 3.05) is 12.3 Å². The number of amides is 2. The summed E-state index contributed by atoms with van der Waals surface area (Å²) in [5.74, 6) is 0.859. The van der Waals surface area contributed by atoms with Gasteiger partial charge in [0.1, 0.15) is 6.04 Å². The van der Waals surface area contributed by atoms with E-state index in [9.17, 15) is 9.59 Å². The minimum absolute atomic E-state index is 0.0401. The average molecular weight is 447 g/mol. The first-order valence-corrected chi connectivity index (χ1v) is 11.9. The summed E-state index contributed by atoms with van der Waals surface area (Å²) in [6.07, 6.45) is 1.94. The van der Waals surface area contributed by atoms with Gasteiger partial charge in [0, 0.05) is 23.9 Å². The molecule has 0 spiro atoms.